The van der Waals surface area contributed by atoms with Gasteiger partial charge in [0, 0.05) is 22.9 Å². The highest BCUT2D eigenvalue weighted by atomic mass is 16.3. The molecule has 0 aliphatic heterocycles. The molecule has 4 aromatic rings. The zero-order valence-corrected chi connectivity index (χ0v) is 11.2. The second-order valence-electron chi connectivity index (χ2n) is 4.98. The number of aromatic nitrogens is 1. The molecule has 0 saturated carbocycles. The molecular formula is C18H14NO+. The number of benzene rings is 2. The lowest BCUT2D eigenvalue weighted by Gasteiger charge is -2.00. The Kier molecular flexibility index (Phi) is 2.36. The molecule has 0 fully saturated rings. The molecule has 2 nitrogen and oxygen atoms in total. The summed E-state index contributed by atoms with van der Waals surface area (Å²) in [6, 6.07) is 20.7. The first-order valence-corrected chi connectivity index (χ1v) is 6.70. The number of para-hydroxylation sites is 2. The molecular weight excluding hydrogens is 246 g/mol. The van der Waals surface area contributed by atoms with Gasteiger partial charge in [0.15, 0.2) is 6.20 Å². The van der Waals surface area contributed by atoms with Gasteiger partial charge < -0.3 is 4.42 Å². The summed E-state index contributed by atoms with van der Waals surface area (Å²) in [4.78, 5) is 0. The van der Waals surface area contributed by atoms with E-state index in [0.29, 0.717) is 0 Å². The third-order valence-corrected chi connectivity index (χ3v) is 3.74. The number of hydrogen-bond acceptors (Lipinski definition) is 1. The summed E-state index contributed by atoms with van der Waals surface area (Å²) in [5.74, 6) is 0. The van der Waals surface area contributed by atoms with Crippen LogP contribution in [0.5, 0.6) is 0 Å². The van der Waals surface area contributed by atoms with Crippen LogP contribution in [0.4, 0.5) is 0 Å². The van der Waals surface area contributed by atoms with Gasteiger partial charge >= 0.3 is 0 Å². The number of furan rings is 1. The molecule has 0 saturated heterocycles. The summed E-state index contributed by atoms with van der Waals surface area (Å²) in [6.45, 7) is 0. The summed E-state index contributed by atoms with van der Waals surface area (Å²) in [7, 11) is 2.05. The van der Waals surface area contributed by atoms with E-state index in [1.807, 2.05) is 24.3 Å². The lowest BCUT2D eigenvalue weighted by molar-refractivity contribution is -0.660. The van der Waals surface area contributed by atoms with Crippen molar-refractivity contribution in [1.82, 2.24) is 0 Å². The molecule has 96 valence electrons. The minimum atomic E-state index is 0.938. The van der Waals surface area contributed by atoms with Crippen LogP contribution in [0.25, 0.3) is 33.2 Å². The van der Waals surface area contributed by atoms with Crippen molar-refractivity contribution in [2.24, 2.45) is 7.05 Å². The standard InChI is InChI=1S/C18H14NO/c1-19-12-5-4-10-16(19)15-9-6-8-14-13-7-2-3-11-17(13)20-18(14)15/h2-12H,1H3/q+1. The lowest BCUT2D eigenvalue weighted by atomic mass is 10.1. The molecule has 0 aliphatic rings. The Hall–Kier alpha value is -2.61. The molecule has 0 aliphatic carbocycles. The van der Waals surface area contributed by atoms with Crippen LogP contribution in [0.1, 0.15) is 0 Å². The first-order valence-electron chi connectivity index (χ1n) is 6.70. The van der Waals surface area contributed by atoms with Gasteiger partial charge in [-0.3, -0.25) is 0 Å². The molecule has 0 unspecified atom stereocenters. The minimum Gasteiger partial charge on any atom is -0.455 e. The van der Waals surface area contributed by atoms with E-state index in [4.69, 9.17) is 4.42 Å². The highest BCUT2D eigenvalue weighted by Crippen LogP contribution is 2.34. The Morgan fingerprint density at radius 2 is 1.60 bits per heavy atom. The minimum absolute atomic E-state index is 0.938. The van der Waals surface area contributed by atoms with Gasteiger partial charge in [0.1, 0.15) is 18.2 Å². The third-order valence-electron chi connectivity index (χ3n) is 3.74. The van der Waals surface area contributed by atoms with Crippen LogP contribution in [0.15, 0.2) is 71.3 Å². The first-order chi connectivity index (χ1) is 9.84. The summed E-state index contributed by atoms with van der Waals surface area (Å²) < 4.78 is 8.19. The molecule has 2 aromatic heterocycles. The van der Waals surface area contributed by atoms with Crippen molar-refractivity contribution in [3.63, 3.8) is 0 Å². The van der Waals surface area contributed by atoms with E-state index >= 15 is 0 Å². The quantitative estimate of drug-likeness (QED) is 0.471. The number of pyridine rings is 1. The van der Waals surface area contributed by atoms with Gasteiger partial charge in [-0.2, -0.15) is 0 Å². The topological polar surface area (TPSA) is 17.0 Å². The summed E-state index contributed by atoms with van der Waals surface area (Å²) >= 11 is 0. The molecule has 2 heteroatoms. The Labute approximate surface area is 116 Å². The zero-order valence-electron chi connectivity index (χ0n) is 11.2. The number of aryl methyl sites for hydroxylation is 1. The molecule has 0 N–H and O–H groups in total. The van der Waals surface area contributed by atoms with Crippen LogP contribution in [-0.4, -0.2) is 0 Å². The largest absolute Gasteiger partial charge is 0.455 e. The first kappa shape index (κ1) is 11.2. The molecule has 4 rings (SSSR count). The SMILES string of the molecule is C[n+]1ccccc1-c1cccc2c1oc1ccccc12. The second-order valence-corrected chi connectivity index (χ2v) is 4.98. The second kappa shape index (κ2) is 4.20. The number of fused-ring (bicyclic) bond motifs is 3. The predicted octanol–water partition coefficient (Wildman–Crippen LogP) is 4.08. The number of rotatable bonds is 1. The maximum atomic E-state index is 6.08. The molecule has 0 spiro atoms. The fraction of sp³-hybridized carbons (Fsp3) is 0.0556. The van der Waals surface area contributed by atoms with Crippen LogP contribution in [-0.2, 0) is 7.05 Å². The van der Waals surface area contributed by atoms with E-state index in [1.54, 1.807) is 0 Å². The highest BCUT2D eigenvalue weighted by Gasteiger charge is 2.16. The van der Waals surface area contributed by atoms with E-state index in [1.165, 1.54) is 10.8 Å². The molecule has 20 heavy (non-hydrogen) atoms. The van der Waals surface area contributed by atoms with E-state index in [2.05, 4.69) is 54.2 Å². The van der Waals surface area contributed by atoms with Crippen LogP contribution < -0.4 is 4.57 Å². The fourth-order valence-corrected chi connectivity index (χ4v) is 2.75. The zero-order chi connectivity index (χ0) is 13.5. The average molecular weight is 260 g/mol. The third kappa shape index (κ3) is 1.55. The van der Waals surface area contributed by atoms with Crippen molar-refractivity contribution in [3.05, 3.63) is 66.9 Å². The van der Waals surface area contributed by atoms with Gasteiger partial charge in [0.25, 0.3) is 0 Å². The normalized spacial score (nSPS) is 11.2. The van der Waals surface area contributed by atoms with Crippen molar-refractivity contribution in [2.45, 2.75) is 0 Å². The van der Waals surface area contributed by atoms with E-state index < -0.39 is 0 Å². The molecule has 2 aromatic carbocycles. The van der Waals surface area contributed by atoms with Gasteiger partial charge in [0.2, 0.25) is 5.69 Å². The number of hydrogen-bond donors (Lipinski definition) is 0. The smallest absolute Gasteiger partial charge is 0.216 e. The Morgan fingerprint density at radius 3 is 2.50 bits per heavy atom. The Morgan fingerprint density at radius 1 is 0.800 bits per heavy atom. The summed E-state index contributed by atoms with van der Waals surface area (Å²) in [6.07, 6.45) is 2.05. The van der Waals surface area contributed by atoms with Gasteiger partial charge in [-0.25, -0.2) is 4.57 Å². The van der Waals surface area contributed by atoms with E-state index in [9.17, 15) is 0 Å². The monoisotopic (exact) mass is 260 g/mol. The van der Waals surface area contributed by atoms with Crippen molar-refractivity contribution >= 4 is 21.9 Å². The van der Waals surface area contributed by atoms with Gasteiger partial charge in [-0.15, -0.1) is 0 Å². The van der Waals surface area contributed by atoms with E-state index in [0.717, 1.165) is 22.4 Å². The Bertz CT molecular complexity index is 921. The van der Waals surface area contributed by atoms with E-state index in [-0.39, 0.29) is 0 Å². The van der Waals surface area contributed by atoms with Crippen molar-refractivity contribution in [2.75, 3.05) is 0 Å². The van der Waals surface area contributed by atoms with Crippen LogP contribution in [0.2, 0.25) is 0 Å². The molecule has 0 amide bonds. The van der Waals surface area contributed by atoms with Crippen LogP contribution in [0.3, 0.4) is 0 Å². The molecule has 0 atom stereocenters. The number of nitrogens with zero attached hydrogens (tertiary/aromatic N) is 1. The van der Waals surface area contributed by atoms with Gasteiger partial charge in [-0.05, 0) is 18.2 Å². The Balaban J connectivity index is 2.13. The van der Waals surface area contributed by atoms with Gasteiger partial charge in [0.05, 0.1) is 5.56 Å². The predicted molar refractivity (Wildman–Crippen MR) is 80.3 cm³/mol. The molecule has 2 heterocycles. The van der Waals surface area contributed by atoms with Crippen LogP contribution in [0, 0.1) is 0 Å². The van der Waals surface area contributed by atoms with Crippen molar-refractivity contribution in [1.29, 1.82) is 0 Å². The maximum absolute atomic E-state index is 6.08. The average Bonchev–Trinajstić information content (AvgIpc) is 2.86. The van der Waals surface area contributed by atoms with Gasteiger partial charge in [-0.1, -0.05) is 30.3 Å². The highest BCUT2D eigenvalue weighted by molar-refractivity contribution is 6.08. The fourth-order valence-electron chi connectivity index (χ4n) is 2.75. The molecule has 0 radical (unpaired) electrons. The van der Waals surface area contributed by atoms with Crippen molar-refractivity contribution < 1.29 is 8.98 Å². The molecule has 0 bridgehead atoms. The maximum Gasteiger partial charge on any atom is 0.216 e. The lowest BCUT2D eigenvalue weighted by Crippen LogP contribution is -2.29. The van der Waals surface area contributed by atoms with Crippen molar-refractivity contribution in [3.8, 4) is 11.3 Å². The summed E-state index contributed by atoms with van der Waals surface area (Å²) in [5.41, 5.74) is 4.17. The van der Waals surface area contributed by atoms with Crippen LogP contribution >= 0.6 is 0 Å². The summed E-state index contributed by atoms with van der Waals surface area (Å²) in [5, 5.41) is 2.34.